The minimum atomic E-state index is -3.63. The molecule has 1 aliphatic rings. The summed E-state index contributed by atoms with van der Waals surface area (Å²) in [5.74, 6) is -0.797. The number of thiophene rings is 1. The van der Waals surface area contributed by atoms with Crippen molar-refractivity contribution in [2.24, 2.45) is 0 Å². The molecule has 3 heterocycles. The number of hydrogen-bond acceptors (Lipinski definition) is 6. The van der Waals surface area contributed by atoms with E-state index in [4.69, 9.17) is 4.42 Å². The maximum Gasteiger partial charge on any atom is 0.238 e. The van der Waals surface area contributed by atoms with Gasteiger partial charge in [-0.15, -0.1) is 11.3 Å². The van der Waals surface area contributed by atoms with E-state index in [1.807, 2.05) is 41.8 Å². The number of nitrogens with zero attached hydrogens (tertiary/aromatic N) is 2. The highest BCUT2D eigenvalue weighted by atomic mass is 32.2. The molecular weight excluding hydrogens is 384 g/mol. The van der Waals surface area contributed by atoms with Gasteiger partial charge in [0.2, 0.25) is 11.8 Å². The summed E-state index contributed by atoms with van der Waals surface area (Å²) in [7, 11) is -3.63. The van der Waals surface area contributed by atoms with Crippen LogP contribution in [0.25, 0.3) is 10.8 Å². The van der Waals surface area contributed by atoms with Crippen LogP contribution in [-0.2, 0) is 33.4 Å². The smallest absolute Gasteiger partial charge is 0.238 e. The van der Waals surface area contributed by atoms with Gasteiger partial charge >= 0.3 is 0 Å². The highest BCUT2D eigenvalue weighted by Crippen LogP contribution is 2.24. The van der Waals surface area contributed by atoms with Crippen molar-refractivity contribution in [1.29, 1.82) is 0 Å². The molecule has 1 amide bonds. The molecular formula is C19H18N2O4S2. The van der Waals surface area contributed by atoms with Crippen LogP contribution >= 0.6 is 11.3 Å². The second-order valence-corrected chi connectivity index (χ2v) is 9.50. The van der Waals surface area contributed by atoms with Crippen molar-refractivity contribution in [3.05, 3.63) is 64.9 Å². The molecule has 0 radical (unpaired) electrons. The van der Waals surface area contributed by atoms with Crippen molar-refractivity contribution >= 4 is 27.1 Å². The summed E-state index contributed by atoms with van der Waals surface area (Å²) in [6.45, 7) is 0.995. The summed E-state index contributed by atoms with van der Waals surface area (Å²) >= 11 is 1.46. The second kappa shape index (κ2) is 7.28. The SMILES string of the molecule is O=C(CS(=O)(=O)Cc1coc(-c2cccs2)n1)N1CCc2ccccc2C1. The summed E-state index contributed by atoms with van der Waals surface area (Å²) in [4.78, 5) is 19.2. The summed E-state index contributed by atoms with van der Waals surface area (Å²) in [5.41, 5.74) is 2.61. The maximum absolute atomic E-state index is 12.5. The van der Waals surface area contributed by atoms with Gasteiger partial charge in [-0.1, -0.05) is 30.3 Å². The van der Waals surface area contributed by atoms with E-state index in [2.05, 4.69) is 4.98 Å². The van der Waals surface area contributed by atoms with Gasteiger partial charge in [-0.3, -0.25) is 4.79 Å². The van der Waals surface area contributed by atoms with E-state index in [0.29, 0.717) is 24.7 Å². The average molecular weight is 402 g/mol. The molecule has 0 N–H and O–H groups in total. The molecule has 2 aromatic heterocycles. The fraction of sp³-hybridized carbons (Fsp3) is 0.263. The van der Waals surface area contributed by atoms with E-state index in [1.54, 1.807) is 4.90 Å². The van der Waals surface area contributed by atoms with Crippen LogP contribution in [0.2, 0.25) is 0 Å². The van der Waals surface area contributed by atoms with Crippen LogP contribution < -0.4 is 0 Å². The van der Waals surface area contributed by atoms with Gasteiger partial charge in [-0.05, 0) is 29.0 Å². The molecule has 0 saturated carbocycles. The van der Waals surface area contributed by atoms with Crippen LogP contribution in [0.15, 0.2) is 52.5 Å². The minimum Gasteiger partial charge on any atom is -0.444 e. The largest absolute Gasteiger partial charge is 0.444 e. The molecule has 3 aromatic rings. The Labute approximate surface area is 161 Å². The number of fused-ring (bicyclic) bond motifs is 1. The zero-order chi connectivity index (χ0) is 18.9. The van der Waals surface area contributed by atoms with Gasteiger partial charge < -0.3 is 9.32 Å². The Kier molecular flexibility index (Phi) is 4.84. The van der Waals surface area contributed by atoms with Crippen molar-refractivity contribution < 1.29 is 17.6 Å². The van der Waals surface area contributed by atoms with Gasteiger partial charge in [0.05, 0.1) is 16.3 Å². The van der Waals surface area contributed by atoms with Gasteiger partial charge in [-0.2, -0.15) is 0 Å². The van der Waals surface area contributed by atoms with Crippen LogP contribution in [-0.4, -0.2) is 36.5 Å². The average Bonchev–Trinajstić information content (AvgIpc) is 3.32. The van der Waals surface area contributed by atoms with Crippen molar-refractivity contribution in [2.75, 3.05) is 12.3 Å². The van der Waals surface area contributed by atoms with Gasteiger partial charge in [0.15, 0.2) is 9.84 Å². The number of aromatic nitrogens is 1. The first-order chi connectivity index (χ1) is 13.0. The number of carbonyl (C=O) groups excluding carboxylic acids is 1. The first-order valence-corrected chi connectivity index (χ1v) is 11.2. The van der Waals surface area contributed by atoms with E-state index >= 15 is 0 Å². The number of amides is 1. The zero-order valence-corrected chi connectivity index (χ0v) is 16.1. The predicted molar refractivity (Wildman–Crippen MR) is 103 cm³/mol. The van der Waals surface area contributed by atoms with Crippen molar-refractivity contribution in [3.63, 3.8) is 0 Å². The summed E-state index contributed by atoms with van der Waals surface area (Å²) in [5, 5.41) is 1.89. The number of benzene rings is 1. The number of sulfone groups is 1. The molecule has 0 fully saturated rings. The fourth-order valence-electron chi connectivity index (χ4n) is 3.15. The third-order valence-corrected chi connectivity index (χ3v) is 6.76. The Bertz CT molecular complexity index is 1060. The summed E-state index contributed by atoms with van der Waals surface area (Å²) in [6.07, 6.45) is 2.09. The van der Waals surface area contributed by atoms with Gasteiger partial charge in [0, 0.05) is 13.1 Å². The topological polar surface area (TPSA) is 80.5 Å². The van der Waals surface area contributed by atoms with Crippen molar-refractivity contribution in [3.8, 4) is 10.8 Å². The standard InChI is InChI=1S/C19H18N2O4S2/c22-18(21-8-7-14-4-1-2-5-15(14)10-21)13-27(23,24)12-16-11-25-19(20-16)17-6-3-9-26-17/h1-6,9,11H,7-8,10,12-13H2. The molecule has 8 heteroatoms. The van der Waals surface area contributed by atoms with E-state index in [9.17, 15) is 13.2 Å². The normalized spacial score (nSPS) is 14.1. The Morgan fingerprint density at radius 1 is 1.19 bits per heavy atom. The van der Waals surface area contributed by atoms with E-state index in [1.165, 1.54) is 23.2 Å². The molecule has 1 aliphatic heterocycles. The van der Waals surface area contributed by atoms with Crippen LogP contribution in [0.5, 0.6) is 0 Å². The molecule has 0 spiro atoms. The molecule has 0 atom stereocenters. The third-order valence-electron chi connectivity index (χ3n) is 4.48. The van der Waals surface area contributed by atoms with Gasteiger partial charge in [-0.25, -0.2) is 13.4 Å². The lowest BCUT2D eigenvalue weighted by Gasteiger charge is -2.28. The summed E-state index contributed by atoms with van der Waals surface area (Å²) in [6, 6.07) is 11.7. The Balaban J connectivity index is 1.41. The Morgan fingerprint density at radius 3 is 2.78 bits per heavy atom. The lowest BCUT2D eigenvalue weighted by molar-refractivity contribution is -0.129. The van der Waals surface area contributed by atoms with Crippen LogP contribution in [0.3, 0.4) is 0 Å². The fourth-order valence-corrected chi connectivity index (χ4v) is 5.05. The third kappa shape index (κ3) is 4.12. The van der Waals surface area contributed by atoms with Crippen LogP contribution in [0.1, 0.15) is 16.8 Å². The first-order valence-electron chi connectivity index (χ1n) is 8.53. The number of oxazole rings is 1. The molecule has 4 rings (SSSR count). The molecule has 0 saturated heterocycles. The molecule has 0 unspecified atom stereocenters. The quantitative estimate of drug-likeness (QED) is 0.656. The monoisotopic (exact) mass is 402 g/mol. The van der Waals surface area contributed by atoms with E-state index in [-0.39, 0.29) is 11.7 Å². The minimum absolute atomic E-state index is 0.307. The lowest BCUT2D eigenvalue weighted by Crippen LogP contribution is -2.39. The Hall–Kier alpha value is -2.45. The second-order valence-electron chi connectivity index (χ2n) is 6.49. The Morgan fingerprint density at radius 2 is 2.00 bits per heavy atom. The molecule has 6 nitrogen and oxygen atoms in total. The highest BCUT2D eigenvalue weighted by Gasteiger charge is 2.26. The molecule has 140 valence electrons. The summed E-state index contributed by atoms with van der Waals surface area (Å²) < 4.78 is 30.3. The number of hydrogen-bond donors (Lipinski definition) is 0. The molecule has 0 aliphatic carbocycles. The predicted octanol–water partition coefficient (Wildman–Crippen LogP) is 2.90. The zero-order valence-electron chi connectivity index (χ0n) is 14.5. The van der Waals surface area contributed by atoms with E-state index < -0.39 is 15.6 Å². The van der Waals surface area contributed by atoms with Crippen molar-refractivity contribution in [2.45, 2.75) is 18.7 Å². The van der Waals surface area contributed by atoms with Gasteiger partial charge in [0.1, 0.15) is 12.0 Å². The first kappa shape index (κ1) is 17.9. The van der Waals surface area contributed by atoms with Crippen LogP contribution in [0, 0.1) is 0 Å². The maximum atomic E-state index is 12.5. The van der Waals surface area contributed by atoms with E-state index in [0.717, 1.165) is 16.9 Å². The molecule has 0 bridgehead atoms. The number of rotatable bonds is 5. The molecule has 27 heavy (non-hydrogen) atoms. The molecule has 1 aromatic carbocycles. The van der Waals surface area contributed by atoms with Crippen LogP contribution in [0.4, 0.5) is 0 Å². The number of carbonyl (C=O) groups is 1. The highest BCUT2D eigenvalue weighted by molar-refractivity contribution is 7.91. The van der Waals surface area contributed by atoms with Crippen molar-refractivity contribution in [1.82, 2.24) is 9.88 Å². The lowest BCUT2D eigenvalue weighted by atomic mass is 10.00. The van der Waals surface area contributed by atoms with Gasteiger partial charge in [0.25, 0.3) is 0 Å².